The highest BCUT2D eigenvalue weighted by molar-refractivity contribution is 7.99. The van der Waals surface area contributed by atoms with Crippen molar-refractivity contribution >= 4 is 29.5 Å². The molecule has 104 valence electrons. The molecule has 0 rings (SSSR count). The zero-order valence-corrected chi connectivity index (χ0v) is 11.5. The van der Waals surface area contributed by atoms with Crippen LogP contribution in [0.4, 0.5) is 0 Å². The first kappa shape index (κ1) is 16.8. The van der Waals surface area contributed by atoms with Crippen molar-refractivity contribution in [3.05, 3.63) is 0 Å². The third-order valence-electron chi connectivity index (χ3n) is 2.26. The molecule has 0 aliphatic carbocycles. The number of rotatable bonds is 9. The first-order chi connectivity index (χ1) is 8.32. The van der Waals surface area contributed by atoms with Crippen molar-refractivity contribution in [1.29, 1.82) is 0 Å². The van der Waals surface area contributed by atoms with Crippen LogP contribution in [0.5, 0.6) is 0 Å². The molecular formula is C11H20N2O4S. The molecule has 0 aliphatic rings. The molecule has 7 heteroatoms. The highest BCUT2D eigenvalue weighted by Gasteiger charge is 2.19. The van der Waals surface area contributed by atoms with Crippen LogP contribution in [0.15, 0.2) is 0 Å². The van der Waals surface area contributed by atoms with E-state index < -0.39 is 11.9 Å². The van der Waals surface area contributed by atoms with Crippen molar-refractivity contribution in [2.75, 3.05) is 11.5 Å². The minimum absolute atomic E-state index is 0.0586. The maximum Gasteiger partial charge on any atom is 0.305 e. The van der Waals surface area contributed by atoms with E-state index in [2.05, 4.69) is 5.32 Å². The molecule has 0 aromatic rings. The van der Waals surface area contributed by atoms with Gasteiger partial charge in [-0.1, -0.05) is 13.8 Å². The molecule has 0 aromatic carbocycles. The second kappa shape index (κ2) is 8.79. The Bertz CT molecular complexity index is 307. The first-order valence-corrected chi connectivity index (χ1v) is 6.85. The van der Waals surface area contributed by atoms with E-state index in [1.54, 1.807) is 0 Å². The van der Waals surface area contributed by atoms with Crippen LogP contribution in [-0.2, 0) is 14.4 Å². The van der Waals surface area contributed by atoms with E-state index in [1.807, 2.05) is 13.8 Å². The molecule has 0 fully saturated rings. The maximum absolute atomic E-state index is 11.6. The average molecular weight is 276 g/mol. The maximum atomic E-state index is 11.6. The van der Waals surface area contributed by atoms with Crippen LogP contribution in [-0.4, -0.2) is 40.4 Å². The van der Waals surface area contributed by atoms with Gasteiger partial charge < -0.3 is 16.2 Å². The van der Waals surface area contributed by atoms with Crippen LogP contribution in [0.1, 0.15) is 26.7 Å². The molecule has 0 saturated heterocycles. The SMILES string of the molecule is CC(C)C(CC(=O)O)NC(=O)CCSCC(N)=O. The van der Waals surface area contributed by atoms with E-state index in [0.29, 0.717) is 5.75 Å². The van der Waals surface area contributed by atoms with Crippen molar-refractivity contribution < 1.29 is 19.5 Å². The summed E-state index contributed by atoms with van der Waals surface area (Å²) < 4.78 is 0. The van der Waals surface area contributed by atoms with Crippen molar-refractivity contribution in [2.45, 2.75) is 32.7 Å². The number of hydrogen-bond acceptors (Lipinski definition) is 4. The Hall–Kier alpha value is -1.24. The fraction of sp³-hybridized carbons (Fsp3) is 0.727. The van der Waals surface area contributed by atoms with Crippen LogP contribution >= 0.6 is 11.8 Å². The van der Waals surface area contributed by atoms with Crippen LogP contribution in [0.2, 0.25) is 0 Å². The zero-order valence-electron chi connectivity index (χ0n) is 10.6. The van der Waals surface area contributed by atoms with Crippen molar-refractivity contribution in [1.82, 2.24) is 5.32 Å². The highest BCUT2D eigenvalue weighted by Crippen LogP contribution is 2.07. The summed E-state index contributed by atoms with van der Waals surface area (Å²) in [6.07, 6.45) is 0.165. The molecule has 0 spiro atoms. The van der Waals surface area contributed by atoms with Gasteiger partial charge in [-0.15, -0.1) is 0 Å². The fourth-order valence-corrected chi connectivity index (χ4v) is 1.93. The molecule has 0 heterocycles. The molecule has 2 amide bonds. The molecule has 1 unspecified atom stereocenters. The number of carbonyl (C=O) groups is 3. The third kappa shape index (κ3) is 8.86. The molecule has 0 radical (unpaired) electrons. The van der Waals surface area contributed by atoms with Gasteiger partial charge in [0.25, 0.3) is 0 Å². The second-order valence-electron chi connectivity index (χ2n) is 4.28. The molecule has 0 aliphatic heterocycles. The lowest BCUT2D eigenvalue weighted by molar-refractivity contribution is -0.138. The van der Waals surface area contributed by atoms with E-state index in [1.165, 1.54) is 11.8 Å². The van der Waals surface area contributed by atoms with Gasteiger partial charge in [0.2, 0.25) is 11.8 Å². The van der Waals surface area contributed by atoms with Gasteiger partial charge in [0.1, 0.15) is 0 Å². The Balaban J connectivity index is 3.95. The molecule has 6 nitrogen and oxygen atoms in total. The number of carbonyl (C=O) groups excluding carboxylic acids is 2. The summed E-state index contributed by atoms with van der Waals surface area (Å²) in [6, 6.07) is -0.365. The number of amides is 2. The van der Waals surface area contributed by atoms with Gasteiger partial charge in [-0.3, -0.25) is 14.4 Å². The average Bonchev–Trinajstić information content (AvgIpc) is 2.22. The lowest BCUT2D eigenvalue weighted by Gasteiger charge is -2.20. The fourth-order valence-electron chi connectivity index (χ4n) is 1.26. The van der Waals surface area contributed by atoms with Crippen LogP contribution in [0.3, 0.4) is 0 Å². The third-order valence-corrected chi connectivity index (χ3v) is 3.24. The Morgan fingerprint density at radius 2 is 1.94 bits per heavy atom. The summed E-state index contributed by atoms with van der Waals surface area (Å²) in [4.78, 5) is 32.6. The topological polar surface area (TPSA) is 109 Å². The molecule has 18 heavy (non-hydrogen) atoms. The van der Waals surface area contributed by atoms with Gasteiger partial charge in [-0.25, -0.2) is 0 Å². The summed E-state index contributed by atoms with van der Waals surface area (Å²) in [7, 11) is 0. The van der Waals surface area contributed by atoms with E-state index >= 15 is 0 Å². The largest absolute Gasteiger partial charge is 0.481 e. The van der Waals surface area contributed by atoms with Gasteiger partial charge in [0.15, 0.2) is 0 Å². The minimum Gasteiger partial charge on any atom is -0.481 e. The summed E-state index contributed by atoms with van der Waals surface area (Å²) in [5.41, 5.74) is 4.96. The van der Waals surface area contributed by atoms with E-state index in [0.717, 1.165) is 0 Å². The molecule has 4 N–H and O–H groups in total. The van der Waals surface area contributed by atoms with E-state index in [9.17, 15) is 14.4 Å². The van der Waals surface area contributed by atoms with Crippen LogP contribution < -0.4 is 11.1 Å². The van der Waals surface area contributed by atoms with Crippen molar-refractivity contribution in [2.24, 2.45) is 11.7 Å². The summed E-state index contributed by atoms with van der Waals surface area (Å²) in [5.74, 6) is -0.804. The second-order valence-corrected chi connectivity index (χ2v) is 5.39. The van der Waals surface area contributed by atoms with Gasteiger partial charge in [-0.2, -0.15) is 11.8 Å². The molecule has 1 atom stereocenters. The Kier molecular flexibility index (Phi) is 8.19. The van der Waals surface area contributed by atoms with Gasteiger partial charge >= 0.3 is 5.97 Å². The van der Waals surface area contributed by atoms with Crippen LogP contribution in [0, 0.1) is 5.92 Å². The number of primary amides is 1. The molecule has 0 bridgehead atoms. The summed E-state index contributed by atoms with van der Waals surface area (Å²) >= 11 is 1.29. The highest BCUT2D eigenvalue weighted by atomic mass is 32.2. The van der Waals surface area contributed by atoms with Crippen LogP contribution in [0.25, 0.3) is 0 Å². The number of thioether (sulfide) groups is 1. The lowest BCUT2D eigenvalue weighted by Crippen LogP contribution is -2.40. The lowest BCUT2D eigenvalue weighted by atomic mass is 10.0. The van der Waals surface area contributed by atoms with Gasteiger partial charge in [0.05, 0.1) is 12.2 Å². The molecule has 0 saturated carbocycles. The number of aliphatic carboxylic acids is 1. The standard InChI is InChI=1S/C11H20N2O4S/c1-7(2)8(5-11(16)17)13-10(15)3-4-18-6-9(12)14/h7-8H,3-6H2,1-2H3,(H2,12,14)(H,13,15)(H,16,17). The minimum atomic E-state index is -0.933. The quantitative estimate of drug-likeness (QED) is 0.521. The number of nitrogens with one attached hydrogen (secondary N) is 1. The number of carboxylic acids is 1. The van der Waals surface area contributed by atoms with Crippen molar-refractivity contribution in [3.8, 4) is 0 Å². The predicted molar refractivity (Wildman–Crippen MR) is 70.2 cm³/mol. The normalized spacial score (nSPS) is 12.2. The monoisotopic (exact) mass is 276 g/mol. The predicted octanol–water partition coefficient (Wildman–Crippen LogP) is 0.211. The van der Waals surface area contributed by atoms with Gasteiger partial charge in [-0.05, 0) is 5.92 Å². The van der Waals surface area contributed by atoms with Gasteiger partial charge in [0, 0.05) is 18.2 Å². The van der Waals surface area contributed by atoms with E-state index in [-0.39, 0.29) is 36.5 Å². The zero-order chi connectivity index (χ0) is 14.1. The summed E-state index contributed by atoms with van der Waals surface area (Å²) in [6.45, 7) is 3.71. The van der Waals surface area contributed by atoms with E-state index in [4.69, 9.17) is 10.8 Å². The Morgan fingerprint density at radius 1 is 1.33 bits per heavy atom. The molecular weight excluding hydrogens is 256 g/mol. The first-order valence-electron chi connectivity index (χ1n) is 5.70. The smallest absolute Gasteiger partial charge is 0.305 e. The number of hydrogen-bond donors (Lipinski definition) is 3. The Morgan fingerprint density at radius 3 is 2.39 bits per heavy atom. The summed E-state index contributed by atoms with van der Waals surface area (Å²) in [5, 5.41) is 11.4. The molecule has 0 aromatic heterocycles. The number of carboxylic acid groups (broad SMARTS) is 1. The Labute approximate surface area is 111 Å². The van der Waals surface area contributed by atoms with Crippen molar-refractivity contribution in [3.63, 3.8) is 0 Å². The number of nitrogens with two attached hydrogens (primary N) is 1.